The predicted molar refractivity (Wildman–Crippen MR) is 270 cm³/mol. The summed E-state index contributed by atoms with van der Waals surface area (Å²) in [4.78, 5) is 25.4. The standard InChI is InChI=1S/C57H104O5/c1-4-7-10-13-16-19-22-25-26-27-28-29-30-31-34-37-40-43-46-49-52-60-53-55(62-57(59)51-48-45-42-39-36-33-24-21-18-15-12-9-6-3)54-61-56(58)50-47-44-41-38-35-32-23-20-17-14-11-8-5-2/h11,14,20-21,23-26,55H,4-10,12-13,15-19,22,27-54H2,1-3H3/b14-11-,23-20-,24-21-,26-25-. The average molecular weight is 869 g/mol. The third-order valence-corrected chi connectivity index (χ3v) is 11.8. The first-order valence-electron chi connectivity index (χ1n) is 27.2. The highest BCUT2D eigenvalue weighted by atomic mass is 16.6. The molecule has 0 saturated heterocycles. The van der Waals surface area contributed by atoms with Crippen molar-refractivity contribution in [1.29, 1.82) is 0 Å². The van der Waals surface area contributed by atoms with Crippen LogP contribution in [0.3, 0.4) is 0 Å². The molecule has 0 spiro atoms. The summed E-state index contributed by atoms with van der Waals surface area (Å²) in [5.74, 6) is -0.415. The molecule has 0 N–H and O–H groups in total. The van der Waals surface area contributed by atoms with Gasteiger partial charge in [0.15, 0.2) is 6.10 Å². The zero-order valence-electron chi connectivity index (χ0n) is 41.6. The Morgan fingerprint density at radius 3 is 1.16 bits per heavy atom. The molecule has 0 rings (SSSR count). The molecule has 5 heteroatoms. The molecule has 0 aromatic carbocycles. The van der Waals surface area contributed by atoms with Gasteiger partial charge in [-0.05, 0) is 96.3 Å². The van der Waals surface area contributed by atoms with Gasteiger partial charge in [-0.3, -0.25) is 9.59 Å². The lowest BCUT2D eigenvalue weighted by molar-refractivity contribution is -0.163. The monoisotopic (exact) mass is 869 g/mol. The number of esters is 2. The van der Waals surface area contributed by atoms with Crippen molar-refractivity contribution in [2.45, 2.75) is 284 Å². The first kappa shape index (κ1) is 59.9. The van der Waals surface area contributed by atoms with E-state index in [1.54, 1.807) is 0 Å². The maximum absolute atomic E-state index is 12.8. The summed E-state index contributed by atoms with van der Waals surface area (Å²) >= 11 is 0. The maximum Gasteiger partial charge on any atom is 0.306 e. The van der Waals surface area contributed by atoms with Crippen LogP contribution in [0.1, 0.15) is 278 Å². The number of carbonyl (C=O) groups is 2. The number of hydrogen-bond acceptors (Lipinski definition) is 5. The third-order valence-electron chi connectivity index (χ3n) is 11.8. The van der Waals surface area contributed by atoms with Crippen molar-refractivity contribution in [3.05, 3.63) is 48.6 Å². The summed E-state index contributed by atoms with van der Waals surface area (Å²) in [6.45, 7) is 7.75. The summed E-state index contributed by atoms with van der Waals surface area (Å²) in [5, 5.41) is 0. The molecule has 0 heterocycles. The molecule has 0 aliphatic rings. The zero-order valence-corrected chi connectivity index (χ0v) is 41.6. The van der Waals surface area contributed by atoms with Crippen LogP contribution in [-0.4, -0.2) is 37.9 Å². The van der Waals surface area contributed by atoms with Crippen LogP contribution >= 0.6 is 0 Å². The number of allylic oxidation sites excluding steroid dienone is 8. The van der Waals surface area contributed by atoms with Crippen LogP contribution in [-0.2, 0) is 23.8 Å². The quantitative estimate of drug-likeness (QED) is 0.0346. The number of carbonyl (C=O) groups excluding carboxylic acids is 2. The molecule has 0 aromatic heterocycles. The van der Waals surface area contributed by atoms with E-state index in [1.807, 2.05) is 0 Å². The van der Waals surface area contributed by atoms with Crippen LogP contribution in [0.25, 0.3) is 0 Å². The number of ether oxygens (including phenoxy) is 3. The molecule has 0 fully saturated rings. The topological polar surface area (TPSA) is 61.8 Å². The van der Waals surface area contributed by atoms with Gasteiger partial charge < -0.3 is 14.2 Å². The van der Waals surface area contributed by atoms with Crippen molar-refractivity contribution in [2.24, 2.45) is 0 Å². The van der Waals surface area contributed by atoms with Gasteiger partial charge >= 0.3 is 11.9 Å². The van der Waals surface area contributed by atoms with Gasteiger partial charge in [-0.1, -0.05) is 217 Å². The van der Waals surface area contributed by atoms with Gasteiger partial charge in [0.2, 0.25) is 0 Å². The minimum Gasteiger partial charge on any atom is -0.462 e. The van der Waals surface area contributed by atoms with E-state index in [2.05, 4.69) is 69.4 Å². The second-order valence-corrected chi connectivity index (χ2v) is 18.1. The molecule has 0 saturated carbocycles. The number of hydrogen-bond donors (Lipinski definition) is 0. The molecule has 5 nitrogen and oxygen atoms in total. The molecule has 362 valence electrons. The van der Waals surface area contributed by atoms with Gasteiger partial charge in [-0.2, -0.15) is 0 Å². The molecular formula is C57H104O5. The smallest absolute Gasteiger partial charge is 0.306 e. The average Bonchev–Trinajstić information content (AvgIpc) is 3.27. The van der Waals surface area contributed by atoms with Crippen molar-refractivity contribution >= 4 is 11.9 Å². The summed E-state index contributed by atoms with van der Waals surface area (Å²) in [6.07, 6.45) is 65.5. The van der Waals surface area contributed by atoms with Crippen LogP contribution in [0.2, 0.25) is 0 Å². The molecule has 0 aliphatic heterocycles. The molecule has 0 radical (unpaired) electrons. The molecule has 62 heavy (non-hydrogen) atoms. The van der Waals surface area contributed by atoms with E-state index in [0.717, 1.165) is 70.6 Å². The first-order valence-corrected chi connectivity index (χ1v) is 27.2. The third kappa shape index (κ3) is 50.5. The number of rotatable bonds is 50. The lowest BCUT2D eigenvalue weighted by Crippen LogP contribution is -2.30. The highest BCUT2D eigenvalue weighted by Gasteiger charge is 2.17. The fraction of sp³-hybridized carbons (Fsp3) is 0.825. The SMILES string of the molecule is CCC/C=C\C/C=C\CCCCCCCC(=O)OCC(COCCCCCCCCCCCC/C=C\CCCCCCCC)OC(=O)CCCCCCC/C=C\CCCCCC. The van der Waals surface area contributed by atoms with E-state index in [-0.39, 0.29) is 25.2 Å². The van der Waals surface area contributed by atoms with Crippen LogP contribution in [0.5, 0.6) is 0 Å². The van der Waals surface area contributed by atoms with Crippen LogP contribution < -0.4 is 0 Å². The minimum atomic E-state index is -0.545. The second-order valence-electron chi connectivity index (χ2n) is 18.1. The largest absolute Gasteiger partial charge is 0.462 e. The second kappa shape index (κ2) is 53.2. The van der Waals surface area contributed by atoms with E-state index in [9.17, 15) is 9.59 Å². The Kier molecular flexibility index (Phi) is 51.4. The molecule has 1 atom stereocenters. The van der Waals surface area contributed by atoms with Crippen molar-refractivity contribution in [3.8, 4) is 0 Å². The van der Waals surface area contributed by atoms with E-state index < -0.39 is 6.10 Å². The molecule has 0 amide bonds. The molecule has 0 bridgehead atoms. The van der Waals surface area contributed by atoms with Crippen LogP contribution in [0, 0.1) is 0 Å². The summed E-state index contributed by atoms with van der Waals surface area (Å²) in [6, 6.07) is 0. The fourth-order valence-corrected chi connectivity index (χ4v) is 7.71. The Balaban J connectivity index is 4.23. The van der Waals surface area contributed by atoms with Crippen molar-refractivity contribution in [2.75, 3.05) is 19.8 Å². The lowest BCUT2D eigenvalue weighted by Gasteiger charge is -2.18. The van der Waals surface area contributed by atoms with Gasteiger partial charge in [-0.15, -0.1) is 0 Å². The molecule has 0 aliphatic carbocycles. The van der Waals surface area contributed by atoms with Crippen molar-refractivity contribution < 1.29 is 23.8 Å². The summed E-state index contributed by atoms with van der Waals surface area (Å²) in [7, 11) is 0. The lowest BCUT2D eigenvalue weighted by atomic mass is 10.1. The first-order chi connectivity index (χ1) is 30.6. The van der Waals surface area contributed by atoms with Gasteiger partial charge in [0.1, 0.15) is 6.61 Å². The minimum absolute atomic E-state index is 0.0760. The van der Waals surface area contributed by atoms with Crippen molar-refractivity contribution in [3.63, 3.8) is 0 Å². The normalized spacial score (nSPS) is 12.5. The molecule has 0 aromatic rings. The van der Waals surface area contributed by atoms with Gasteiger partial charge in [0.05, 0.1) is 6.61 Å². The van der Waals surface area contributed by atoms with Gasteiger partial charge in [-0.25, -0.2) is 0 Å². The Hall–Kier alpha value is -2.14. The van der Waals surface area contributed by atoms with E-state index >= 15 is 0 Å². The maximum atomic E-state index is 12.8. The summed E-state index contributed by atoms with van der Waals surface area (Å²) < 4.78 is 17.4. The fourth-order valence-electron chi connectivity index (χ4n) is 7.71. The van der Waals surface area contributed by atoms with Gasteiger partial charge in [0, 0.05) is 19.4 Å². The Morgan fingerprint density at radius 2 is 0.710 bits per heavy atom. The van der Waals surface area contributed by atoms with Crippen LogP contribution in [0.4, 0.5) is 0 Å². The Labute approximate surface area is 386 Å². The van der Waals surface area contributed by atoms with E-state index in [0.29, 0.717) is 19.4 Å². The molecular weight excluding hydrogens is 765 g/mol. The molecule has 1 unspecified atom stereocenters. The highest BCUT2D eigenvalue weighted by molar-refractivity contribution is 5.70. The number of unbranched alkanes of at least 4 members (excludes halogenated alkanes) is 31. The Morgan fingerprint density at radius 1 is 0.355 bits per heavy atom. The van der Waals surface area contributed by atoms with Crippen LogP contribution in [0.15, 0.2) is 48.6 Å². The van der Waals surface area contributed by atoms with E-state index in [4.69, 9.17) is 14.2 Å². The van der Waals surface area contributed by atoms with Crippen molar-refractivity contribution in [1.82, 2.24) is 0 Å². The zero-order chi connectivity index (χ0) is 44.9. The Bertz CT molecular complexity index is 1030. The summed E-state index contributed by atoms with van der Waals surface area (Å²) in [5.41, 5.74) is 0. The predicted octanol–water partition coefficient (Wildman–Crippen LogP) is 18.3. The highest BCUT2D eigenvalue weighted by Crippen LogP contribution is 2.15. The van der Waals surface area contributed by atoms with E-state index in [1.165, 1.54) is 173 Å². The van der Waals surface area contributed by atoms with Gasteiger partial charge in [0.25, 0.3) is 0 Å².